The van der Waals surface area contributed by atoms with Gasteiger partial charge in [0.05, 0.1) is 5.69 Å². The molecule has 0 atom stereocenters. The van der Waals surface area contributed by atoms with Gasteiger partial charge in [-0.15, -0.1) is 0 Å². The summed E-state index contributed by atoms with van der Waals surface area (Å²) < 4.78 is 6.11. The van der Waals surface area contributed by atoms with Crippen molar-refractivity contribution < 1.29 is 4.42 Å². The molecule has 134 valence electrons. The van der Waals surface area contributed by atoms with Crippen molar-refractivity contribution in [3.63, 3.8) is 0 Å². The molecule has 0 fully saturated rings. The van der Waals surface area contributed by atoms with Crippen molar-refractivity contribution in [2.24, 2.45) is 0 Å². The van der Waals surface area contributed by atoms with E-state index in [2.05, 4.69) is 87.2 Å². The van der Waals surface area contributed by atoms with Crippen molar-refractivity contribution in [1.29, 1.82) is 0 Å². The molecule has 0 amide bonds. The van der Waals surface area contributed by atoms with Gasteiger partial charge in [-0.25, -0.2) is 0 Å². The number of aryl methyl sites for hydroxylation is 1. The van der Waals surface area contributed by atoms with Crippen LogP contribution in [-0.2, 0) is 11.8 Å². The maximum atomic E-state index is 6.11. The second kappa shape index (κ2) is 6.35. The second-order valence-corrected chi connectivity index (χ2v) is 8.08. The van der Waals surface area contributed by atoms with Gasteiger partial charge in [-0.05, 0) is 61.1 Å². The first kappa shape index (κ1) is 17.0. The number of anilines is 2. The topological polar surface area (TPSA) is 16.4 Å². The zero-order chi connectivity index (χ0) is 18.3. The molecule has 0 unspecified atom stereocenters. The highest BCUT2D eigenvalue weighted by molar-refractivity contribution is 5.98. The lowest BCUT2D eigenvalue weighted by Crippen LogP contribution is -2.17. The van der Waals surface area contributed by atoms with E-state index in [1.807, 2.05) is 0 Å². The quantitative estimate of drug-likeness (QED) is 0.516. The highest BCUT2D eigenvalue weighted by Gasteiger charge is 2.21. The Kier molecular flexibility index (Phi) is 4.14. The Balaban J connectivity index is 1.82. The third-order valence-corrected chi connectivity index (χ3v) is 5.31. The fourth-order valence-corrected chi connectivity index (χ4v) is 3.87. The Bertz CT molecular complexity index is 954. The van der Waals surface area contributed by atoms with E-state index < -0.39 is 0 Å². The van der Waals surface area contributed by atoms with E-state index in [0.717, 1.165) is 30.7 Å². The number of allylic oxidation sites excluding steroid dienone is 1. The van der Waals surface area contributed by atoms with Gasteiger partial charge in [0.1, 0.15) is 11.3 Å². The third kappa shape index (κ3) is 2.84. The molecule has 0 bridgehead atoms. The highest BCUT2D eigenvalue weighted by Crippen LogP contribution is 2.39. The van der Waals surface area contributed by atoms with E-state index in [1.165, 1.54) is 27.9 Å². The molecule has 2 aromatic carbocycles. The van der Waals surface area contributed by atoms with Gasteiger partial charge in [0.2, 0.25) is 0 Å². The maximum Gasteiger partial charge on any atom is 0.137 e. The average molecular weight is 345 g/mol. The normalized spacial score (nSPS) is 13.8. The van der Waals surface area contributed by atoms with Crippen LogP contribution >= 0.6 is 0 Å². The molecular weight excluding hydrogens is 318 g/mol. The lowest BCUT2D eigenvalue weighted by molar-refractivity contribution is 0.590. The fraction of sp³-hybridized carbons (Fsp3) is 0.333. The van der Waals surface area contributed by atoms with Crippen LogP contribution in [0.5, 0.6) is 0 Å². The largest absolute Gasteiger partial charge is 0.456 e. The minimum atomic E-state index is 0.172. The molecule has 4 rings (SSSR count). The molecule has 0 N–H and O–H groups in total. The molecule has 1 aliphatic carbocycles. The van der Waals surface area contributed by atoms with Crippen LogP contribution in [0.2, 0.25) is 0 Å². The predicted octanol–water partition coefficient (Wildman–Crippen LogP) is 6.85. The molecule has 0 saturated carbocycles. The zero-order valence-corrected chi connectivity index (χ0v) is 16.2. The number of fused-ring (bicyclic) bond motifs is 3. The molecule has 1 aliphatic rings. The van der Waals surface area contributed by atoms with Crippen molar-refractivity contribution in [1.82, 2.24) is 0 Å². The SMILES string of the molecule is CCN(c1ccc(C(C)(C)C)cc1)c1cccc2oc3c(c12)CCC=C3. The van der Waals surface area contributed by atoms with E-state index in [4.69, 9.17) is 4.42 Å². The van der Waals surface area contributed by atoms with E-state index in [-0.39, 0.29) is 5.41 Å². The summed E-state index contributed by atoms with van der Waals surface area (Å²) in [6.07, 6.45) is 6.46. The Labute approximate surface area is 156 Å². The molecule has 26 heavy (non-hydrogen) atoms. The van der Waals surface area contributed by atoms with Gasteiger partial charge < -0.3 is 9.32 Å². The number of rotatable bonds is 3. The summed E-state index contributed by atoms with van der Waals surface area (Å²) in [6, 6.07) is 15.4. The summed E-state index contributed by atoms with van der Waals surface area (Å²) in [5.41, 5.74) is 6.35. The predicted molar refractivity (Wildman–Crippen MR) is 111 cm³/mol. The number of furan rings is 1. The second-order valence-electron chi connectivity index (χ2n) is 8.08. The standard InChI is InChI=1S/C24H27NO/c1-5-25(18-15-13-17(14-16-18)24(2,3)4)20-10-8-12-22-23(20)19-9-6-7-11-21(19)26-22/h7-8,10-16H,5-6,9H2,1-4H3. The monoisotopic (exact) mass is 345 g/mol. The first-order valence-electron chi connectivity index (χ1n) is 9.58. The van der Waals surface area contributed by atoms with E-state index >= 15 is 0 Å². The lowest BCUT2D eigenvalue weighted by atomic mass is 9.87. The van der Waals surface area contributed by atoms with Crippen LogP contribution in [0.3, 0.4) is 0 Å². The Hall–Kier alpha value is -2.48. The van der Waals surface area contributed by atoms with Gasteiger partial charge in [-0.3, -0.25) is 0 Å². The van der Waals surface area contributed by atoms with Crippen LogP contribution in [0.15, 0.2) is 53.0 Å². The maximum absolute atomic E-state index is 6.11. The molecule has 2 nitrogen and oxygen atoms in total. The van der Waals surface area contributed by atoms with Crippen LogP contribution in [0, 0.1) is 0 Å². The van der Waals surface area contributed by atoms with Crippen molar-refractivity contribution in [2.75, 3.05) is 11.4 Å². The summed E-state index contributed by atoms with van der Waals surface area (Å²) in [7, 11) is 0. The van der Waals surface area contributed by atoms with Crippen LogP contribution in [0.4, 0.5) is 11.4 Å². The lowest BCUT2D eigenvalue weighted by Gasteiger charge is -2.26. The first-order chi connectivity index (χ1) is 12.5. The van der Waals surface area contributed by atoms with Crippen molar-refractivity contribution in [3.8, 4) is 0 Å². The van der Waals surface area contributed by atoms with Gasteiger partial charge in [-0.1, -0.05) is 45.0 Å². The Morgan fingerprint density at radius 1 is 1.04 bits per heavy atom. The summed E-state index contributed by atoms with van der Waals surface area (Å²) in [4.78, 5) is 2.39. The van der Waals surface area contributed by atoms with Crippen LogP contribution < -0.4 is 4.90 Å². The van der Waals surface area contributed by atoms with Gasteiger partial charge in [-0.2, -0.15) is 0 Å². The van der Waals surface area contributed by atoms with Crippen molar-refractivity contribution in [3.05, 3.63) is 65.4 Å². The number of hydrogen-bond donors (Lipinski definition) is 0. The van der Waals surface area contributed by atoms with Crippen LogP contribution in [0.25, 0.3) is 17.0 Å². The minimum absolute atomic E-state index is 0.172. The van der Waals surface area contributed by atoms with E-state index in [1.54, 1.807) is 0 Å². The summed E-state index contributed by atoms with van der Waals surface area (Å²) >= 11 is 0. The molecular formula is C24H27NO. The van der Waals surface area contributed by atoms with E-state index in [9.17, 15) is 0 Å². The molecule has 0 saturated heterocycles. The fourth-order valence-electron chi connectivity index (χ4n) is 3.87. The first-order valence-corrected chi connectivity index (χ1v) is 9.58. The van der Waals surface area contributed by atoms with Gasteiger partial charge in [0.25, 0.3) is 0 Å². The summed E-state index contributed by atoms with van der Waals surface area (Å²) in [6.45, 7) is 9.90. The molecule has 1 aromatic heterocycles. The summed E-state index contributed by atoms with van der Waals surface area (Å²) in [5, 5.41) is 1.27. The van der Waals surface area contributed by atoms with Crippen LogP contribution in [0.1, 0.15) is 51.0 Å². The Morgan fingerprint density at radius 2 is 1.81 bits per heavy atom. The number of benzene rings is 2. The Morgan fingerprint density at radius 3 is 2.50 bits per heavy atom. The van der Waals surface area contributed by atoms with Crippen LogP contribution in [-0.4, -0.2) is 6.54 Å². The van der Waals surface area contributed by atoms with Gasteiger partial charge in [0.15, 0.2) is 0 Å². The van der Waals surface area contributed by atoms with Crippen molar-refractivity contribution in [2.45, 2.75) is 46.0 Å². The molecule has 0 aliphatic heterocycles. The highest BCUT2D eigenvalue weighted by atomic mass is 16.3. The zero-order valence-electron chi connectivity index (χ0n) is 16.2. The minimum Gasteiger partial charge on any atom is -0.456 e. The van der Waals surface area contributed by atoms with Crippen molar-refractivity contribution >= 4 is 28.4 Å². The summed E-state index contributed by atoms with van der Waals surface area (Å²) in [5.74, 6) is 1.03. The third-order valence-electron chi connectivity index (χ3n) is 5.31. The molecule has 2 heteroatoms. The molecule has 0 spiro atoms. The number of hydrogen-bond acceptors (Lipinski definition) is 2. The van der Waals surface area contributed by atoms with Gasteiger partial charge >= 0.3 is 0 Å². The van der Waals surface area contributed by atoms with E-state index in [0.29, 0.717) is 0 Å². The molecule has 3 aromatic rings. The average Bonchev–Trinajstić information content (AvgIpc) is 3.01. The number of nitrogens with zero attached hydrogens (tertiary/aromatic N) is 1. The van der Waals surface area contributed by atoms with Gasteiger partial charge in [0, 0.05) is 23.2 Å². The molecule has 0 radical (unpaired) electrons. The molecule has 1 heterocycles. The smallest absolute Gasteiger partial charge is 0.137 e.